The first kappa shape index (κ1) is 8.97. The molecule has 1 saturated heterocycles. The summed E-state index contributed by atoms with van der Waals surface area (Å²) in [6, 6.07) is 0.683. The number of piperidine rings is 1. The normalized spacial score (nSPS) is 22.4. The van der Waals surface area contributed by atoms with Crippen LogP contribution in [0, 0.1) is 0 Å². The quantitative estimate of drug-likeness (QED) is 0.573. The molecule has 0 spiro atoms. The molecule has 0 bridgehead atoms. The average molecular weight is 157 g/mol. The van der Waals surface area contributed by atoms with Gasteiger partial charge in [-0.1, -0.05) is 6.92 Å². The van der Waals surface area contributed by atoms with Gasteiger partial charge in [0.15, 0.2) is 0 Å². The molecule has 0 aromatic heterocycles. The van der Waals surface area contributed by atoms with E-state index in [9.17, 15) is 0 Å². The maximum absolute atomic E-state index is 3.25. The highest BCUT2D eigenvalue weighted by atomic mass is 15.4. The van der Waals surface area contributed by atoms with E-state index in [1.54, 1.807) is 0 Å². The van der Waals surface area contributed by atoms with Crippen LogP contribution in [0.1, 0.15) is 19.8 Å². The van der Waals surface area contributed by atoms with Crippen molar-refractivity contribution in [3.63, 3.8) is 0 Å². The lowest BCUT2D eigenvalue weighted by molar-refractivity contribution is 0.200. The molecule has 1 heterocycles. The van der Waals surface area contributed by atoms with Gasteiger partial charge in [-0.2, -0.15) is 0 Å². The van der Waals surface area contributed by atoms with Crippen molar-refractivity contribution in [2.45, 2.75) is 25.8 Å². The maximum Gasteiger partial charge on any atom is 0.0237 e. The van der Waals surface area contributed by atoms with Crippen molar-refractivity contribution in [3.05, 3.63) is 0 Å². The third-order valence-corrected chi connectivity index (χ3v) is 2.38. The summed E-state index contributed by atoms with van der Waals surface area (Å²) in [4.78, 5) is 2.49. The zero-order valence-electron chi connectivity index (χ0n) is 7.56. The summed E-state index contributed by atoms with van der Waals surface area (Å²) in [7, 11) is 1.94. The van der Waals surface area contributed by atoms with Gasteiger partial charge in [-0.15, -0.1) is 0 Å². The fraction of sp³-hybridized carbons (Fsp3) is 1.00. The summed E-state index contributed by atoms with van der Waals surface area (Å²) in [6.07, 6.45) is 2.54. The summed E-state index contributed by atoms with van der Waals surface area (Å²) in [6.45, 7) is 5.92. The average Bonchev–Trinajstić information content (AvgIpc) is 2.07. The van der Waals surface area contributed by atoms with E-state index in [1.807, 2.05) is 7.05 Å². The Labute approximate surface area is 69.1 Å². The third kappa shape index (κ3) is 2.77. The Hall–Kier alpha value is -0.120. The van der Waals surface area contributed by atoms with Gasteiger partial charge in [0.05, 0.1) is 0 Å². The number of nitrogens with zero attached hydrogens (tertiary/aromatic N) is 1. The van der Waals surface area contributed by atoms with E-state index in [2.05, 4.69) is 22.7 Å². The van der Waals surface area contributed by atoms with Crippen LogP contribution >= 0.6 is 0 Å². The summed E-state index contributed by atoms with van der Waals surface area (Å²) in [5, 5.41) is 0. The number of nitrogens with one attached hydrogen (secondary N) is 2. The highest BCUT2D eigenvalue weighted by Gasteiger charge is 2.16. The molecule has 2 N–H and O–H groups in total. The summed E-state index contributed by atoms with van der Waals surface area (Å²) >= 11 is 0. The van der Waals surface area contributed by atoms with Gasteiger partial charge < -0.3 is 4.90 Å². The summed E-state index contributed by atoms with van der Waals surface area (Å²) in [5.41, 5.74) is 6.25. The van der Waals surface area contributed by atoms with E-state index in [0.29, 0.717) is 6.04 Å². The molecular formula is C8H19N3. The first-order valence-electron chi connectivity index (χ1n) is 4.51. The SMILES string of the molecule is CCN1CCC(NNC)CC1. The first-order valence-corrected chi connectivity index (χ1v) is 4.51. The second-order valence-electron chi connectivity index (χ2n) is 3.10. The van der Waals surface area contributed by atoms with Gasteiger partial charge in [0, 0.05) is 6.04 Å². The third-order valence-electron chi connectivity index (χ3n) is 2.38. The van der Waals surface area contributed by atoms with Crippen molar-refractivity contribution in [3.8, 4) is 0 Å². The zero-order chi connectivity index (χ0) is 8.10. The van der Waals surface area contributed by atoms with Crippen LogP contribution < -0.4 is 10.9 Å². The monoisotopic (exact) mass is 157 g/mol. The van der Waals surface area contributed by atoms with Gasteiger partial charge in [0.25, 0.3) is 0 Å². The van der Waals surface area contributed by atoms with E-state index in [1.165, 1.54) is 32.5 Å². The predicted molar refractivity (Wildman–Crippen MR) is 47.3 cm³/mol. The molecule has 1 fully saturated rings. The van der Waals surface area contributed by atoms with Gasteiger partial charge in [-0.25, -0.2) is 0 Å². The Bertz CT molecular complexity index is 97.5. The number of rotatable bonds is 3. The van der Waals surface area contributed by atoms with Gasteiger partial charge >= 0.3 is 0 Å². The lowest BCUT2D eigenvalue weighted by atomic mass is 10.1. The molecule has 0 atom stereocenters. The number of likely N-dealkylation sites (tertiary alicyclic amines) is 1. The minimum Gasteiger partial charge on any atom is -0.303 e. The van der Waals surface area contributed by atoms with Crippen molar-refractivity contribution < 1.29 is 0 Å². The molecule has 0 aliphatic carbocycles. The molecule has 0 radical (unpaired) electrons. The zero-order valence-corrected chi connectivity index (χ0v) is 7.56. The van der Waals surface area contributed by atoms with Gasteiger partial charge in [0.1, 0.15) is 0 Å². The Balaban J connectivity index is 2.14. The molecule has 11 heavy (non-hydrogen) atoms. The van der Waals surface area contributed by atoms with E-state index in [0.717, 1.165) is 0 Å². The van der Waals surface area contributed by atoms with Crippen LogP contribution in [0.25, 0.3) is 0 Å². The largest absolute Gasteiger partial charge is 0.303 e. The molecule has 3 nitrogen and oxygen atoms in total. The molecule has 0 aromatic carbocycles. The Morgan fingerprint density at radius 1 is 1.36 bits per heavy atom. The molecule has 3 heteroatoms. The highest BCUT2D eigenvalue weighted by molar-refractivity contribution is 4.74. The standard InChI is InChI=1S/C8H19N3/c1-3-11-6-4-8(5-7-11)10-9-2/h8-10H,3-7H2,1-2H3. The molecule has 0 unspecified atom stereocenters. The van der Waals surface area contributed by atoms with Crippen molar-refractivity contribution in [1.82, 2.24) is 15.8 Å². The smallest absolute Gasteiger partial charge is 0.0237 e. The summed E-state index contributed by atoms with van der Waals surface area (Å²) < 4.78 is 0. The Morgan fingerprint density at radius 2 is 2.00 bits per heavy atom. The summed E-state index contributed by atoms with van der Waals surface area (Å²) in [5.74, 6) is 0. The van der Waals surface area contributed by atoms with E-state index < -0.39 is 0 Å². The van der Waals surface area contributed by atoms with Crippen LogP contribution in [0.2, 0.25) is 0 Å². The van der Waals surface area contributed by atoms with Crippen LogP contribution in [-0.4, -0.2) is 37.6 Å². The van der Waals surface area contributed by atoms with Crippen LogP contribution in [0.3, 0.4) is 0 Å². The number of hydrazine groups is 1. The van der Waals surface area contributed by atoms with Crippen molar-refractivity contribution in [2.24, 2.45) is 0 Å². The van der Waals surface area contributed by atoms with Crippen LogP contribution in [0.15, 0.2) is 0 Å². The Morgan fingerprint density at radius 3 is 2.45 bits per heavy atom. The van der Waals surface area contributed by atoms with Crippen molar-refractivity contribution in [2.75, 3.05) is 26.7 Å². The van der Waals surface area contributed by atoms with Crippen LogP contribution in [0.4, 0.5) is 0 Å². The van der Waals surface area contributed by atoms with Crippen molar-refractivity contribution >= 4 is 0 Å². The van der Waals surface area contributed by atoms with Crippen molar-refractivity contribution in [1.29, 1.82) is 0 Å². The molecule has 0 aromatic rings. The second kappa shape index (κ2) is 4.70. The fourth-order valence-corrected chi connectivity index (χ4v) is 1.60. The molecule has 1 rings (SSSR count). The molecular weight excluding hydrogens is 138 g/mol. The lowest BCUT2D eigenvalue weighted by Crippen LogP contribution is -2.46. The highest BCUT2D eigenvalue weighted by Crippen LogP contribution is 2.08. The van der Waals surface area contributed by atoms with Crippen LogP contribution in [-0.2, 0) is 0 Å². The first-order chi connectivity index (χ1) is 5.36. The minimum atomic E-state index is 0.683. The number of hydrogen-bond acceptors (Lipinski definition) is 3. The van der Waals surface area contributed by atoms with Gasteiger partial charge in [-0.3, -0.25) is 10.9 Å². The minimum absolute atomic E-state index is 0.683. The molecule has 1 aliphatic heterocycles. The Kier molecular flexibility index (Phi) is 3.83. The second-order valence-corrected chi connectivity index (χ2v) is 3.10. The number of hydrogen-bond donors (Lipinski definition) is 2. The van der Waals surface area contributed by atoms with E-state index >= 15 is 0 Å². The van der Waals surface area contributed by atoms with Crippen LogP contribution in [0.5, 0.6) is 0 Å². The van der Waals surface area contributed by atoms with Gasteiger partial charge in [-0.05, 0) is 39.5 Å². The van der Waals surface area contributed by atoms with E-state index in [4.69, 9.17) is 0 Å². The lowest BCUT2D eigenvalue weighted by Gasteiger charge is -2.31. The van der Waals surface area contributed by atoms with Gasteiger partial charge in [0.2, 0.25) is 0 Å². The molecule has 1 aliphatic rings. The van der Waals surface area contributed by atoms with E-state index in [-0.39, 0.29) is 0 Å². The topological polar surface area (TPSA) is 27.3 Å². The fourth-order valence-electron chi connectivity index (χ4n) is 1.60. The molecule has 0 saturated carbocycles. The maximum atomic E-state index is 3.25. The molecule has 66 valence electrons. The predicted octanol–water partition coefficient (Wildman–Crippen LogP) is 0.195. The molecule has 0 amide bonds.